The number of fused-ring (bicyclic) bond motifs is 1. The second kappa shape index (κ2) is 6.92. The molecule has 0 unspecified atom stereocenters. The van der Waals surface area contributed by atoms with Crippen LogP contribution in [0.25, 0.3) is 33.4 Å². The topological polar surface area (TPSA) is 60.2 Å². The summed E-state index contributed by atoms with van der Waals surface area (Å²) in [6.07, 6.45) is 4.45. The van der Waals surface area contributed by atoms with Gasteiger partial charge in [-0.1, -0.05) is 18.3 Å². The Morgan fingerprint density at radius 2 is 1.79 bits per heavy atom. The molecular weight excluding hydrogens is 397 g/mol. The van der Waals surface area contributed by atoms with Gasteiger partial charge in [-0.15, -0.1) is 0 Å². The Morgan fingerprint density at radius 3 is 2.43 bits per heavy atom. The van der Waals surface area contributed by atoms with E-state index in [1.54, 1.807) is 30.6 Å². The minimum absolute atomic E-state index is 0.209. The molecule has 140 valence electrons. The maximum Gasteiger partial charge on any atom is 0.175 e. The molecule has 0 spiro atoms. The van der Waals surface area contributed by atoms with Crippen LogP contribution in [0.1, 0.15) is 0 Å². The molecular formula is C21H14FNO3S2. The molecule has 0 fully saturated rings. The van der Waals surface area contributed by atoms with E-state index in [1.165, 1.54) is 30.3 Å². The molecule has 2 aromatic carbocycles. The predicted octanol–water partition coefficient (Wildman–Crippen LogP) is 5.43. The molecule has 0 aliphatic carbocycles. The van der Waals surface area contributed by atoms with Gasteiger partial charge in [-0.05, 0) is 48.5 Å². The smallest absolute Gasteiger partial charge is 0.175 e. The molecule has 2 heterocycles. The van der Waals surface area contributed by atoms with Crippen LogP contribution in [0, 0.1) is 10.3 Å². The van der Waals surface area contributed by atoms with Crippen molar-refractivity contribution in [2.45, 2.75) is 4.90 Å². The Balaban J connectivity index is 2.04. The average molecular weight is 411 g/mol. The van der Waals surface area contributed by atoms with Crippen molar-refractivity contribution in [1.82, 2.24) is 4.98 Å². The zero-order valence-corrected chi connectivity index (χ0v) is 16.4. The van der Waals surface area contributed by atoms with E-state index in [-0.39, 0.29) is 4.90 Å². The standard InChI is InChI=1S/C21H14FNO3S2/c1-28(24,25)16-7-4-13(5-8-16)20-19(14-3-2-10-23-12-14)21(27)17-11-15(22)6-9-18(17)26-20/h2-12H,1H3. The minimum atomic E-state index is -3.31. The van der Waals surface area contributed by atoms with Crippen LogP contribution in [-0.2, 0) is 9.84 Å². The minimum Gasteiger partial charge on any atom is -0.455 e. The highest BCUT2D eigenvalue weighted by Crippen LogP contribution is 2.37. The number of sulfone groups is 1. The summed E-state index contributed by atoms with van der Waals surface area (Å²) >= 11 is 5.66. The van der Waals surface area contributed by atoms with E-state index in [0.29, 0.717) is 32.4 Å². The van der Waals surface area contributed by atoms with Crippen LogP contribution in [0.3, 0.4) is 0 Å². The first-order valence-electron chi connectivity index (χ1n) is 8.32. The zero-order chi connectivity index (χ0) is 19.9. The molecule has 0 amide bonds. The quantitative estimate of drug-likeness (QED) is 0.421. The van der Waals surface area contributed by atoms with Gasteiger partial charge in [-0.25, -0.2) is 12.8 Å². The van der Waals surface area contributed by atoms with Crippen molar-refractivity contribution in [3.63, 3.8) is 0 Å². The van der Waals surface area contributed by atoms with Crippen molar-refractivity contribution in [3.8, 4) is 22.5 Å². The molecule has 0 aliphatic heterocycles. The summed E-state index contributed by atoms with van der Waals surface area (Å²) < 4.78 is 43.8. The highest BCUT2D eigenvalue weighted by Gasteiger charge is 2.17. The van der Waals surface area contributed by atoms with Gasteiger partial charge < -0.3 is 4.42 Å². The lowest BCUT2D eigenvalue weighted by molar-refractivity contribution is 0.601. The van der Waals surface area contributed by atoms with E-state index < -0.39 is 15.7 Å². The molecule has 2 aromatic heterocycles. The first-order chi connectivity index (χ1) is 13.3. The van der Waals surface area contributed by atoms with E-state index in [9.17, 15) is 12.8 Å². The largest absolute Gasteiger partial charge is 0.455 e. The molecule has 7 heteroatoms. The number of halogens is 1. The fourth-order valence-electron chi connectivity index (χ4n) is 3.00. The Kier molecular flexibility index (Phi) is 4.56. The monoisotopic (exact) mass is 411 g/mol. The summed E-state index contributed by atoms with van der Waals surface area (Å²) in [6, 6.07) is 14.2. The van der Waals surface area contributed by atoms with E-state index in [4.69, 9.17) is 16.6 Å². The SMILES string of the molecule is CS(=O)(=O)c1ccc(-c2oc3ccc(F)cc3c(=S)c2-c2cccnc2)cc1. The van der Waals surface area contributed by atoms with Gasteiger partial charge in [0.15, 0.2) is 9.84 Å². The van der Waals surface area contributed by atoms with Crippen LogP contribution in [0.5, 0.6) is 0 Å². The van der Waals surface area contributed by atoms with Crippen molar-refractivity contribution in [3.05, 3.63) is 77.3 Å². The van der Waals surface area contributed by atoms with Crippen molar-refractivity contribution < 1.29 is 17.2 Å². The number of rotatable bonds is 3. The highest BCUT2D eigenvalue weighted by atomic mass is 32.2. The van der Waals surface area contributed by atoms with E-state index in [2.05, 4.69) is 4.98 Å². The number of hydrogen-bond donors (Lipinski definition) is 0. The molecule has 28 heavy (non-hydrogen) atoms. The van der Waals surface area contributed by atoms with Gasteiger partial charge in [-0.3, -0.25) is 4.98 Å². The number of hydrogen-bond acceptors (Lipinski definition) is 5. The van der Waals surface area contributed by atoms with E-state index >= 15 is 0 Å². The fraction of sp³-hybridized carbons (Fsp3) is 0.0476. The first-order valence-corrected chi connectivity index (χ1v) is 10.6. The number of nitrogens with zero attached hydrogens (tertiary/aromatic N) is 1. The third-order valence-corrected chi connectivity index (χ3v) is 5.90. The highest BCUT2D eigenvalue weighted by molar-refractivity contribution is 7.90. The van der Waals surface area contributed by atoms with Crippen LogP contribution in [0.15, 0.2) is 76.3 Å². The Bertz CT molecular complexity index is 1350. The lowest BCUT2D eigenvalue weighted by Crippen LogP contribution is -1.96. The number of pyridine rings is 1. The molecule has 0 saturated heterocycles. The zero-order valence-electron chi connectivity index (χ0n) is 14.7. The van der Waals surface area contributed by atoms with Crippen LogP contribution >= 0.6 is 12.2 Å². The maximum atomic E-state index is 13.8. The molecule has 0 aliphatic rings. The Morgan fingerprint density at radius 1 is 1.04 bits per heavy atom. The van der Waals surface area contributed by atoms with Crippen molar-refractivity contribution in [1.29, 1.82) is 0 Å². The Labute approximate surface area is 166 Å². The van der Waals surface area contributed by atoms with Crippen LogP contribution in [-0.4, -0.2) is 19.7 Å². The predicted molar refractivity (Wildman–Crippen MR) is 109 cm³/mol. The molecule has 4 rings (SSSR count). The van der Waals surface area contributed by atoms with Gasteiger partial charge in [0.1, 0.15) is 17.2 Å². The summed E-state index contributed by atoms with van der Waals surface area (Å²) in [5.74, 6) is 0.0633. The van der Waals surface area contributed by atoms with Gasteiger partial charge >= 0.3 is 0 Å². The molecule has 0 saturated carbocycles. The lowest BCUT2D eigenvalue weighted by atomic mass is 10.00. The summed E-state index contributed by atoms with van der Waals surface area (Å²) in [5.41, 5.74) is 2.43. The van der Waals surface area contributed by atoms with Crippen LogP contribution in [0.2, 0.25) is 0 Å². The second-order valence-corrected chi connectivity index (χ2v) is 8.74. The number of benzene rings is 2. The fourth-order valence-corrected chi connectivity index (χ4v) is 4.00. The molecule has 0 radical (unpaired) electrons. The molecule has 0 bridgehead atoms. The number of aromatic nitrogens is 1. The average Bonchev–Trinajstić information content (AvgIpc) is 2.68. The normalized spacial score (nSPS) is 11.6. The maximum absolute atomic E-state index is 13.8. The second-order valence-electron chi connectivity index (χ2n) is 6.31. The summed E-state index contributed by atoms with van der Waals surface area (Å²) in [4.78, 5) is 4.35. The van der Waals surface area contributed by atoms with E-state index in [0.717, 1.165) is 11.8 Å². The third-order valence-electron chi connectivity index (χ3n) is 4.35. The van der Waals surface area contributed by atoms with Gasteiger partial charge in [0.2, 0.25) is 0 Å². The van der Waals surface area contributed by atoms with Crippen molar-refractivity contribution in [2.24, 2.45) is 0 Å². The summed E-state index contributed by atoms with van der Waals surface area (Å²) in [7, 11) is -3.31. The molecule has 0 atom stereocenters. The van der Waals surface area contributed by atoms with Gasteiger partial charge in [-0.2, -0.15) is 0 Å². The lowest BCUT2D eigenvalue weighted by Gasteiger charge is -2.12. The third kappa shape index (κ3) is 3.34. The Hall–Kier alpha value is -2.90. The van der Waals surface area contributed by atoms with Crippen molar-refractivity contribution in [2.75, 3.05) is 6.26 Å². The summed E-state index contributed by atoms with van der Waals surface area (Å²) in [5, 5.41) is 0.491. The van der Waals surface area contributed by atoms with Crippen LogP contribution in [0.4, 0.5) is 4.39 Å². The van der Waals surface area contributed by atoms with E-state index in [1.807, 2.05) is 6.07 Å². The van der Waals surface area contributed by atoms with Gasteiger partial charge in [0.25, 0.3) is 0 Å². The molecule has 0 N–H and O–H groups in total. The first kappa shape index (κ1) is 18.5. The van der Waals surface area contributed by atoms with Crippen LogP contribution < -0.4 is 0 Å². The van der Waals surface area contributed by atoms with Gasteiger partial charge in [0, 0.05) is 40.7 Å². The van der Waals surface area contributed by atoms with Gasteiger partial charge in [0.05, 0.1) is 9.41 Å². The summed E-state index contributed by atoms with van der Waals surface area (Å²) in [6.45, 7) is 0. The molecule has 4 nitrogen and oxygen atoms in total. The molecule has 4 aromatic rings. The van der Waals surface area contributed by atoms with Crippen molar-refractivity contribution >= 4 is 33.0 Å².